The van der Waals surface area contributed by atoms with E-state index in [2.05, 4.69) is 26.8 Å². The molecule has 1 aromatic rings. The molecule has 1 atom stereocenters. The molecule has 0 saturated carbocycles. The van der Waals surface area contributed by atoms with Crippen molar-refractivity contribution < 1.29 is 13.2 Å². The van der Waals surface area contributed by atoms with E-state index in [0.717, 1.165) is 52.1 Å². The van der Waals surface area contributed by atoms with Crippen molar-refractivity contribution in [3.63, 3.8) is 0 Å². The number of fused-ring (bicyclic) bond motifs is 1. The number of piperazine rings is 1. The third-order valence-corrected chi connectivity index (χ3v) is 8.19. The summed E-state index contributed by atoms with van der Waals surface area (Å²) >= 11 is 0. The first-order valence-electron chi connectivity index (χ1n) is 11.1. The maximum absolute atomic E-state index is 12.7. The van der Waals surface area contributed by atoms with Crippen molar-refractivity contribution >= 4 is 21.6 Å². The second kappa shape index (κ2) is 9.21. The van der Waals surface area contributed by atoms with Crippen LogP contribution in [0.25, 0.3) is 0 Å². The lowest BCUT2D eigenvalue weighted by atomic mass is 9.93. The highest BCUT2D eigenvalue weighted by molar-refractivity contribution is 7.89. The Morgan fingerprint density at radius 2 is 1.70 bits per heavy atom. The number of anilines is 1. The minimum Gasteiger partial charge on any atom is -0.368 e. The first-order valence-corrected chi connectivity index (χ1v) is 12.5. The summed E-state index contributed by atoms with van der Waals surface area (Å²) < 4.78 is 27.9. The SMILES string of the molecule is CCN1CCN(CCC(=O)N2CCC([C@H]3Nc4ccccc4S(=O)(=O)N3)CC2)CC1. The van der Waals surface area contributed by atoms with Gasteiger partial charge in [-0.25, -0.2) is 8.42 Å². The Labute approximate surface area is 179 Å². The van der Waals surface area contributed by atoms with Crippen LogP contribution in [0, 0.1) is 5.92 Å². The fraction of sp³-hybridized carbons (Fsp3) is 0.667. The van der Waals surface area contributed by atoms with E-state index in [4.69, 9.17) is 0 Å². The van der Waals surface area contributed by atoms with E-state index in [1.807, 2.05) is 11.0 Å². The average Bonchev–Trinajstić information content (AvgIpc) is 2.77. The molecular weight excluding hydrogens is 402 g/mol. The number of likely N-dealkylation sites (tertiary alicyclic amines) is 1. The molecule has 0 spiro atoms. The number of benzene rings is 1. The lowest BCUT2D eigenvalue weighted by Crippen LogP contribution is -2.52. The van der Waals surface area contributed by atoms with Crippen LogP contribution in [0.2, 0.25) is 0 Å². The molecule has 3 heterocycles. The second-order valence-corrected chi connectivity index (χ2v) is 10.2. The number of nitrogens with zero attached hydrogens (tertiary/aromatic N) is 3. The summed E-state index contributed by atoms with van der Waals surface area (Å²) in [6.07, 6.45) is 1.84. The van der Waals surface area contributed by atoms with Crippen LogP contribution in [0.4, 0.5) is 5.69 Å². The van der Waals surface area contributed by atoms with Gasteiger partial charge in [0, 0.05) is 52.2 Å². The largest absolute Gasteiger partial charge is 0.368 e. The van der Waals surface area contributed by atoms with Gasteiger partial charge in [0.25, 0.3) is 0 Å². The van der Waals surface area contributed by atoms with Gasteiger partial charge < -0.3 is 20.0 Å². The maximum atomic E-state index is 12.7. The Hall–Kier alpha value is -1.68. The van der Waals surface area contributed by atoms with Crippen molar-refractivity contribution in [3.05, 3.63) is 24.3 Å². The van der Waals surface area contributed by atoms with Crippen LogP contribution in [-0.2, 0) is 14.8 Å². The van der Waals surface area contributed by atoms with Crippen molar-refractivity contribution in [1.29, 1.82) is 0 Å². The van der Waals surface area contributed by atoms with Crippen LogP contribution < -0.4 is 10.0 Å². The van der Waals surface area contributed by atoms with Crippen molar-refractivity contribution in [2.24, 2.45) is 5.92 Å². The molecule has 8 nitrogen and oxygen atoms in total. The van der Waals surface area contributed by atoms with Gasteiger partial charge >= 0.3 is 0 Å². The van der Waals surface area contributed by atoms with Gasteiger partial charge in [0.2, 0.25) is 15.9 Å². The number of para-hydroxylation sites is 1. The molecule has 0 aromatic heterocycles. The average molecular weight is 436 g/mol. The fourth-order valence-electron chi connectivity index (χ4n) is 4.69. The molecule has 4 rings (SSSR count). The van der Waals surface area contributed by atoms with Gasteiger partial charge in [-0.05, 0) is 37.4 Å². The van der Waals surface area contributed by atoms with Gasteiger partial charge in [0.1, 0.15) is 4.90 Å². The number of sulfonamides is 1. The van der Waals surface area contributed by atoms with Gasteiger partial charge in [0.15, 0.2) is 0 Å². The van der Waals surface area contributed by atoms with Crippen LogP contribution in [0.5, 0.6) is 0 Å². The van der Waals surface area contributed by atoms with Crippen LogP contribution in [0.1, 0.15) is 26.2 Å². The van der Waals surface area contributed by atoms with Gasteiger partial charge in [-0.1, -0.05) is 19.1 Å². The molecule has 0 radical (unpaired) electrons. The molecule has 166 valence electrons. The molecule has 2 N–H and O–H groups in total. The van der Waals surface area contributed by atoms with Crippen molar-refractivity contribution in [1.82, 2.24) is 19.4 Å². The van der Waals surface area contributed by atoms with Crippen molar-refractivity contribution in [2.75, 3.05) is 57.7 Å². The zero-order valence-corrected chi connectivity index (χ0v) is 18.5. The van der Waals surface area contributed by atoms with E-state index >= 15 is 0 Å². The lowest BCUT2D eigenvalue weighted by molar-refractivity contribution is -0.133. The number of rotatable bonds is 5. The maximum Gasteiger partial charge on any atom is 0.244 e. The Kier molecular flexibility index (Phi) is 6.62. The first kappa shape index (κ1) is 21.5. The zero-order chi connectivity index (χ0) is 21.1. The number of piperidine rings is 1. The summed E-state index contributed by atoms with van der Waals surface area (Å²) in [5.74, 6) is 0.383. The normalized spacial score (nSPS) is 25.5. The number of amides is 1. The highest BCUT2D eigenvalue weighted by atomic mass is 32.2. The topological polar surface area (TPSA) is 85.0 Å². The molecule has 0 bridgehead atoms. The third-order valence-electron chi connectivity index (χ3n) is 6.69. The quantitative estimate of drug-likeness (QED) is 0.717. The summed E-state index contributed by atoms with van der Waals surface area (Å²) in [7, 11) is -3.50. The number of hydrogen-bond acceptors (Lipinski definition) is 6. The molecular formula is C21H33N5O3S. The minimum absolute atomic E-state index is 0.166. The second-order valence-electron chi connectivity index (χ2n) is 8.48. The minimum atomic E-state index is -3.50. The Balaban J connectivity index is 1.25. The predicted molar refractivity (Wildman–Crippen MR) is 117 cm³/mol. The van der Waals surface area contributed by atoms with Crippen LogP contribution in [-0.4, -0.2) is 87.5 Å². The van der Waals surface area contributed by atoms with Gasteiger partial charge in [0.05, 0.1) is 11.9 Å². The number of carbonyl (C=O) groups excluding carboxylic acids is 1. The van der Waals surface area contributed by atoms with Crippen molar-refractivity contribution in [2.45, 2.75) is 37.2 Å². The molecule has 0 unspecified atom stereocenters. The number of nitrogens with one attached hydrogen (secondary N) is 2. The van der Waals surface area contributed by atoms with Gasteiger partial charge in [-0.2, -0.15) is 4.72 Å². The van der Waals surface area contributed by atoms with E-state index < -0.39 is 10.0 Å². The number of likely N-dealkylation sites (N-methyl/N-ethyl adjacent to an activating group) is 1. The summed E-state index contributed by atoms with van der Waals surface area (Å²) in [4.78, 5) is 19.7. The standard InChI is InChI=1S/C21H33N5O3S/c1-2-24-13-15-25(16-14-24)10-9-20(27)26-11-7-17(8-12-26)21-22-18-5-3-4-6-19(18)30(28,29)23-21/h3-6,17,21-23H,2,7-16H2,1H3/t21-/m0/s1. The number of hydrogen-bond donors (Lipinski definition) is 2. The van der Waals surface area contributed by atoms with E-state index in [9.17, 15) is 13.2 Å². The van der Waals surface area contributed by atoms with Crippen LogP contribution >= 0.6 is 0 Å². The Morgan fingerprint density at radius 3 is 2.40 bits per heavy atom. The highest BCUT2D eigenvalue weighted by Crippen LogP contribution is 2.30. The summed E-state index contributed by atoms with van der Waals surface area (Å²) in [5.41, 5.74) is 0.655. The molecule has 0 aliphatic carbocycles. The van der Waals surface area contributed by atoms with E-state index in [0.29, 0.717) is 30.1 Å². The van der Waals surface area contributed by atoms with E-state index in [-0.39, 0.29) is 18.0 Å². The molecule has 2 fully saturated rings. The van der Waals surface area contributed by atoms with Crippen molar-refractivity contribution in [3.8, 4) is 0 Å². The Morgan fingerprint density at radius 1 is 1.03 bits per heavy atom. The summed E-state index contributed by atoms with van der Waals surface area (Å²) in [6.45, 7) is 9.75. The molecule has 3 aliphatic rings. The molecule has 1 aromatic carbocycles. The van der Waals surface area contributed by atoms with Crippen LogP contribution in [0.15, 0.2) is 29.2 Å². The Bertz CT molecular complexity index is 846. The summed E-state index contributed by atoms with van der Waals surface area (Å²) in [5, 5.41) is 3.34. The molecule has 3 aliphatic heterocycles. The third kappa shape index (κ3) is 4.80. The van der Waals surface area contributed by atoms with E-state index in [1.54, 1.807) is 18.2 Å². The lowest BCUT2D eigenvalue weighted by Gasteiger charge is -2.39. The van der Waals surface area contributed by atoms with Gasteiger partial charge in [-0.3, -0.25) is 4.79 Å². The predicted octanol–water partition coefficient (Wildman–Crippen LogP) is 0.983. The molecule has 1 amide bonds. The smallest absolute Gasteiger partial charge is 0.244 e. The van der Waals surface area contributed by atoms with Crippen LogP contribution in [0.3, 0.4) is 0 Å². The molecule has 2 saturated heterocycles. The highest BCUT2D eigenvalue weighted by Gasteiger charge is 2.35. The zero-order valence-electron chi connectivity index (χ0n) is 17.7. The molecule has 30 heavy (non-hydrogen) atoms. The van der Waals surface area contributed by atoms with Gasteiger partial charge in [-0.15, -0.1) is 0 Å². The fourth-order valence-corrected chi connectivity index (χ4v) is 6.07. The summed E-state index contributed by atoms with van der Waals surface area (Å²) in [6, 6.07) is 6.99. The molecule has 9 heteroatoms. The monoisotopic (exact) mass is 435 g/mol. The first-order chi connectivity index (χ1) is 14.5. The van der Waals surface area contributed by atoms with E-state index in [1.165, 1.54) is 0 Å². The number of carbonyl (C=O) groups is 1.